The third-order valence-corrected chi connectivity index (χ3v) is 3.68. The Kier molecular flexibility index (Phi) is 4.09. The van der Waals surface area contributed by atoms with Crippen molar-refractivity contribution in [2.45, 2.75) is 0 Å². The van der Waals surface area contributed by atoms with Crippen LogP contribution in [0.1, 0.15) is 21.6 Å². The Labute approximate surface area is 137 Å². The van der Waals surface area contributed by atoms with Gasteiger partial charge in [0.15, 0.2) is 0 Å². The van der Waals surface area contributed by atoms with Crippen LogP contribution in [0.2, 0.25) is 5.02 Å². The van der Waals surface area contributed by atoms with Crippen molar-refractivity contribution in [2.24, 2.45) is 5.10 Å². The molecule has 0 fully saturated rings. The Hall–Kier alpha value is -3.10. The summed E-state index contributed by atoms with van der Waals surface area (Å²) in [6.07, 6.45) is 1.50. The monoisotopic (exact) mass is 322 g/mol. The van der Waals surface area contributed by atoms with Crippen LogP contribution in [-0.2, 0) is 0 Å². The Morgan fingerprint density at radius 1 is 1.22 bits per heavy atom. The zero-order chi connectivity index (χ0) is 16.2. The standard InChI is InChI=1S/C17H11ClN4O/c18-15-13-3-1-2-4-14(13)21-16(15)17(23)22-20-10-12-7-5-11(9-19)6-8-12/h1-8,10,21H,(H,22,23)/b20-10-. The fourth-order valence-corrected chi connectivity index (χ4v) is 2.43. The molecule has 0 saturated heterocycles. The number of benzene rings is 2. The molecule has 23 heavy (non-hydrogen) atoms. The molecule has 0 atom stereocenters. The van der Waals surface area contributed by atoms with Crippen molar-refractivity contribution < 1.29 is 4.79 Å². The molecule has 0 saturated carbocycles. The molecule has 1 amide bonds. The molecule has 2 aromatic carbocycles. The van der Waals surface area contributed by atoms with Gasteiger partial charge in [0.2, 0.25) is 0 Å². The van der Waals surface area contributed by atoms with E-state index in [4.69, 9.17) is 16.9 Å². The summed E-state index contributed by atoms with van der Waals surface area (Å²) in [7, 11) is 0. The largest absolute Gasteiger partial charge is 0.349 e. The molecule has 0 aliphatic heterocycles. The van der Waals surface area contributed by atoms with E-state index < -0.39 is 5.91 Å². The van der Waals surface area contributed by atoms with Crippen LogP contribution in [-0.4, -0.2) is 17.1 Å². The summed E-state index contributed by atoms with van der Waals surface area (Å²) in [6, 6.07) is 16.3. The number of amides is 1. The minimum Gasteiger partial charge on any atom is -0.349 e. The molecule has 3 rings (SSSR count). The van der Waals surface area contributed by atoms with E-state index in [9.17, 15) is 4.79 Å². The molecule has 1 heterocycles. The number of nitriles is 1. The summed E-state index contributed by atoms with van der Waals surface area (Å²) < 4.78 is 0. The predicted octanol–water partition coefficient (Wildman–Crippen LogP) is 3.46. The predicted molar refractivity (Wildman–Crippen MR) is 89.5 cm³/mol. The highest BCUT2D eigenvalue weighted by atomic mass is 35.5. The normalized spacial score (nSPS) is 10.8. The summed E-state index contributed by atoms with van der Waals surface area (Å²) in [5, 5.41) is 13.8. The Morgan fingerprint density at radius 3 is 2.65 bits per heavy atom. The number of para-hydroxylation sites is 1. The first kappa shape index (κ1) is 14.8. The van der Waals surface area contributed by atoms with Crippen LogP contribution in [0.3, 0.4) is 0 Å². The second-order valence-electron chi connectivity index (χ2n) is 4.79. The summed E-state index contributed by atoms with van der Waals surface area (Å²) in [5.41, 5.74) is 4.82. The average Bonchev–Trinajstić information content (AvgIpc) is 2.93. The number of nitrogens with one attached hydrogen (secondary N) is 2. The number of hydrazone groups is 1. The molecule has 0 spiro atoms. The second kappa shape index (κ2) is 6.34. The van der Waals surface area contributed by atoms with E-state index >= 15 is 0 Å². The minimum atomic E-state index is -0.420. The van der Waals surface area contributed by atoms with E-state index in [0.29, 0.717) is 10.6 Å². The zero-order valence-electron chi connectivity index (χ0n) is 11.9. The van der Waals surface area contributed by atoms with Gasteiger partial charge in [-0.3, -0.25) is 4.79 Å². The highest BCUT2D eigenvalue weighted by molar-refractivity contribution is 6.38. The Balaban J connectivity index is 1.74. The van der Waals surface area contributed by atoms with E-state index in [-0.39, 0.29) is 5.69 Å². The first-order valence-corrected chi connectivity index (χ1v) is 7.16. The van der Waals surface area contributed by atoms with Gasteiger partial charge in [-0.15, -0.1) is 0 Å². The molecule has 2 N–H and O–H groups in total. The second-order valence-corrected chi connectivity index (χ2v) is 5.17. The van der Waals surface area contributed by atoms with Crippen molar-refractivity contribution in [2.75, 3.05) is 0 Å². The Morgan fingerprint density at radius 2 is 1.96 bits per heavy atom. The molecule has 5 nitrogen and oxygen atoms in total. The molecule has 112 valence electrons. The van der Waals surface area contributed by atoms with Gasteiger partial charge in [-0.25, -0.2) is 5.43 Å². The first-order chi connectivity index (χ1) is 11.2. The molecular formula is C17H11ClN4O. The maximum Gasteiger partial charge on any atom is 0.289 e. The molecule has 6 heteroatoms. The van der Waals surface area contributed by atoms with Crippen LogP contribution in [0.25, 0.3) is 10.9 Å². The minimum absolute atomic E-state index is 0.268. The number of aromatic nitrogens is 1. The highest BCUT2D eigenvalue weighted by Crippen LogP contribution is 2.26. The fraction of sp³-hybridized carbons (Fsp3) is 0. The van der Waals surface area contributed by atoms with E-state index in [1.807, 2.05) is 30.3 Å². The van der Waals surface area contributed by atoms with Crippen LogP contribution >= 0.6 is 11.6 Å². The Bertz CT molecular complexity index is 935. The number of aromatic amines is 1. The van der Waals surface area contributed by atoms with Gasteiger partial charge >= 0.3 is 0 Å². The van der Waals surface area contributed by atoms with E-state index in [0.717, 1.165) is 16.5 Å². The maximum atomic E-state index is 12.1. The number of carbonyl (C=O) groups excluding carboxylic acids is 1. The lowest BCUT2D eigenvalue weighted by molar-refractivity contribution is 0.0951. The lowest BCUT2D eigenvalue weighted by atomic mass is 10.2. The van der Waals surface area contributed by atoms with Crippen LogP contribution < -0.4 is 5.43 Å². The smallest absolute Gasteiger partial charge is 0.289 e. The third-order valence-electron chi connectivity index (χ3n) is 3.29. The third kappa shape index (κ3) is 3.07. The summed E-state index contributed by atoms with van der Waals surface area (Å²) in [6.45, 7) is 0. The molecule has 1 aromatic heterocycles. The van der Waals surface area contributed by atoms with Gasteiger partial charge in [-0.05, 0) is 23.8 Å². The van der Waals surface area contributed by atoms with Gasteiger partial charge in [0.25, 0.3) is 5.91 Å². The van der Waals surface area contributed by atoms with Crippen molar-refractivity contribution in [3.63, 3.8) is 0 Å². The fourth-order valence-electron chi connectivity index (χ4n) is 2.13. The first-order valence-electron chi connectivity index (χ1n) is 6.79. The molecule has 3 aromatic rings. The maximum absolute atomic E-state index is 12.1. The summed E-state index contributed by atoms with van der Waals surface area (Å²) in [5.74, 6) is -0.420. The number of H-pyrrole nitrogens is 1. The van der Waals surface area contributed by atoms with Gasteiger partial charge in [-0.2, -0.15) is 10.4 Å². The molecule has 0 radical (unpaired) electrons. The molecule has 0 aliphatic carbocycles. The topological polar surface area (TPSA) is 81.0 Å². The zero-order valence-corrected chi connectivity index (χ0v) is 12.6. The number of rotatable bonds is 3. The number of nitrogens with zero attached hydrogens (tertiary/aromatic N) is 2. The van der Waals surface area contributed by atoms with E-state index in [1.165, 1.54) is 6.21 Å². The molecule has 0 bridgehead atoms. The van der Waals surface area contributed by atoms with Crippen LogP contribution in [0.15, 0.2) is 53.6 Å². The number of hydrogen-bond acceptors (Lipinski definition) is 3. The van der Waals surface area contributed by atoms with Gasteiger partial charge in [0, 0.05) is 10.9 Å². The summed E-state index contributed by atoms with van der Waals surface area (Å²) >= 11 is 6.21. The highest BCUT2D eigenvalue weighted by Gasteiger charge is 2.15. The van der Waals surface area contributed by atoms with Crippen molar-refractivity contribution in [1.82, 2.24) is 10.4 Å². The number of halogens is 1. The van der Waals surface area contributed by atoms with Gasteiger partial charge < -0.3 is 4.98 Å². The van der Waals surface area contributed by atoms with Gasteiger partial charge in [0.1, 0.15) is 5.69 Å². The van der Waals surface area contributed by atoms with E-state index in [2.05, 4.69) is 15.5 Å². The van der Waals surface area contributed by atoms with Crippen molar-refractivity contribution in [3.8, 4) is 6.07 Å². The molecular weight excluding hydrogens is 312 g/mol. The SMILES string of the molecule is N#Cc1ccc(/C=N\NC(=O)c2[nH]c3ccccc3c2Cl)cc1. The quantitative estimate of drug-likeness (QED) is 0.572. The average molecular weight is 323 g/mol. The summed E-state index contributed by atoms with van der Waals surface area (Å²) in [4.78, 5) is 15.1. The van der Waals surface area contributed by atoms with E-state index in [1.54, 1.807) is 24.3 Å². The van der Waals surface area contributed by atoms with Gasteiger partial charge in [-0.1, -0.05) is 41.9 Å². The van der Waals surface area contributed by atoms with Crippen LogP contribution in [0.5, 0.6) is 0 Å². The van der Waals surface area contributed by atoms with Crippen LogP contribution in [0, 0.1) is 11.3 Å². The number of carbonyl (C=O) groups is 1. The lowest BCUT2D eigenvalue weighted by Gasteiger charge is -1.98. The number of hydrogen-bond donors (Lipinski definition) is 2. The van der Waals surface area contributed by atoms with Crippen molar-refractivity contribution in [3.05, 3.63) is 70.4 Å². The van der Waals surface area contributed by atoms with Crippen molar-refractivity contribution in [1.29, 1.82) is 5.26 Å². The van der Waals surface area contributed by atoms with Crippen molar-refractivity contribution >= 4 is 34.6 Å². The van der Waals surface area contributed by atoms with Gasteiger partial charge in [0.05, 0.1) is 22.9 Å². The molecule has 0 unspecified atom stereocenters. The number of fused-ring (bicyclic) bond motifs is 1. The lowest BCUT2D eigenvalue weighted by Crippen LogP contribution is -2.18. The van der Waals surface area contributed by atoms with Crippen LogP contribution in [0.4, 0.5) is 0 Å². The molecule has 0 aliphatic rings.